The second-order valence-corrected chi connectivity index (χ2v) is 15.8. The maximum absolute atomic E-state index is 6.36. The first-order valence-electron chi connectivity index (χ1n) is 20.7. The van der Waals surface area contributed by atoms with Crippen LogP contribution in [0.3, 0.4) is 0 Å². The van der Waals surface area contributed by atoms with Gasteiger partial charge in [0, 0.05) is 43.4 Å². The molecule has 4 aromatic heterocycles. The van der Waals surface area contributed by atoms with E-state index in [4.69, 9.17) is 23.8 Å². The van der Waals surface area contributed by atoms with E-state index >= 15 is 0 Å². The third kappa shape index (κ3) is 5.25. The van der Waals surface area contributed by atoms with E-state index in [1.807, 2.05) is 30.3 Å². The monoisotopic (exact) mass is 782 g/mol. The molecule has 0 spiro atoms. The van der Waals surface area contributed by atoms with E-state index in [0.717, 1.165) is 112 Å². The number of allylic oxidation sites excluding steroid dienone is 4. The fourth-order valence-electron chi connectivity index (χ4n) is 9.54. The molecule has 0 unspecified atom stereocenters. The zero-order chi connectivity index (χ0) is 40.0. The van der Waals surface area contributed by atoms with Crippen molar-refractivity contribution < 1.29 is 8.83 Å². The molecule has 13 rings (SSSR count). The van der Waals surface area contributed by atoms with Gasteiger partial charge in [-0.3, -0.25) is 4.57 Å². The van der Waals surface area contributed by atoms with Gasteiger partial charge in [0.15, 0.2) is 11.6 Å². The molecule has 1 aliphatic rings. The van der Waals surface area contributed by atoms with Crippen molar-refractivity contribution in [2.24, 2.45) is 0 Å². The molecule has 0 amide bonds. The highest BCUT2D eigenvalue weighted by Crippen LogP contribution is 2.43. The molecule has 0 fully saturated rings. The number of nitrogens with zero attached hydrogens (tertiary/aromatic N) is 4. The molecular weight excluding hydrogens is 749 g/mol. The number of rotatable bonds is 5. The summed E-state index contributed by atoms with van der Waals surface area (Å²) in [5.41, 5.74) is 11.8. The zero-order valence-electron chi connectivity index (χ0n) is 32.8. The van der Waals surface area contributed by atoms with Gasteiger partial charge < -0.3 is 8.83 Å². The van der Waals surface area contributed by atoms with E-state index in [1.165, 1.54) is 10.8 Å². The van der Waals surface area contributed by atoms with Crippen molar-refractivity contribution in [1.82, 2.24) is 19.5 Å². The molecule has 6 nitrogen and oxygen atoms in total. The Hall–Kier alpha value is -8.09. The molecule has 286 valence electrons. The molecule has 1 aliphatic carbocycles. The highest BCUT2D eigenvalue weighted by molar-refractivity contribution is 6.23. The van der Waals surface area contributed by atoms with Gasteiger partial charge in [0.1, 0.15) is 22.3 Å². The minimum absolute atomic E-state index is 0.564. The van der Waals surface area contributed by atoms with Gasteiger partial charge in [-0.05, 0) is 88.3 Å². The molecule has 12 aromatic rings. The van der Waals surface area contributed by atoms with Crippen LogP contribution in [0.1, 0.15) is 18.7 Å². The second-order valence-electron chi connectivity index (χ2n) is 15.8. The summed E-state index contributed by atoms with van der Waals surface area (Å²) in [5.74, 6) is 1.83. The molecule has 0 atom stereocenters. The lowest BCUT2D eigenvalue weighted by molar-refractivity contribution is 0.668. The predicted octanol–water partition coefficient (Wildman–Crippen LogP) is 14.7. The topological polar surface area (TPSA) is 69.9 Å². The molecule has 0 saturated heterocycles. The Labute approximate surface area is 349 Å². The minimum Gasteiger partial charge on any atom is -0.456 e. The summed E-state index contributed by atoms with van der Waals surface area (Å²) in [4.78, 5) is 15.9. The lowest BCUT2D eigenvalue weighted by atomic mass is 9.95. The van der Waals surface area contributed by atoms with E-state index < -0.39 is 0 Å². The van der Waals surface area contributed by atoms with Crippen molar-refractivity contribution in [1.29, 1.82) is 0 Å². The van der Waals surface area contributed by atoms with Crippen LogP contribution in [0.25, 0.3) is 122 Å². The number of hydrogen-bond acceptors (Lipinski definition) is 5. The molecule has 0 aliphatic heterocycles. The van der Waals surface area contributed by atoms with Crippen LogP contribution in [-0.2, 0) is 0 Å². The average Bonchev–Trinajstić information content (AvgIpc) is 4.01. The van der Waals surface area contributed by atoms with Crippen molar-refractivity contribution in [3.05, 3.63) is 188 Å². The number of fused-ring (bicyclic) bond motifs is 11. The Morgan fingerprint density at radius 2 is 1.15 bits per heavy atom. The van der Waals surface area contributed by atoms with E-state index in [0.29, 0.717) is 17.6 Å². The smallest absolute Gasteiger partial charge is 0.238 e. The Morgan fingerprint density at radius 3 is 2.03 bits per heavy atom. The van der Waals surface area contributed by atoms with E-state index in [-0.39, 0.29) is 0 Å². The van der Waals surface area contributed by atoms with Gasteiger partial charge in [-0.15, -0.1) is 0 Å². The quantitative estimate of drug-likeness (QED) is 0.174. The molecule has 4 heterocycles. The van der Waals surface area contributed by atoms with Crippen molar-refractivity contribution in [2.75, 3.05) is 0 Å². The van der Waals surface area contributed by atoms with Crippen LogP contribution in [0.4, 0.5) is 0 Å². The van der Waals surface area contributed by atoms with Crippen LogP contribution in [0.2, 0.25) is 0 Å². The maximum atomic E-state index is 6.36. The number of furan rings is 2. The first kappa shape index (κ1) is 33.8. The zero-order valence-corrected chi connectivity index (χ0v) is 32.8. The molecule has 0 saturated carbocycles. The van der Waals surface area contributed by atoms with Gasteiger partial charge >= 0.3 is 0 Å². The third-order valence-electron chi connectivity index (χ3n) is 12.3. The summed E-state index contributed by atoms with van der Waals surface area (Å²) in [6, 6.07) is 57.6. The molecule has 8 aromatic carbocycles. The van der Waals surface area contributed by atoms with Crippen LogP contribution in [0.5, 0.6) is 0 Å². The van der Waals surface area contributed by atoms with Crippen molar-refractivity contribution in [3.63, 3.8) is 0 Å². The Balaban J connectivity index is 1.08. The Kier molecular flexibility index (Phi) is 7.33. The third-order valence-corrected chi connectivity index (χ3v) is 12.3. The molecule has 6 heteroatoms. The maximum Gasteiger partial charge on any atom is 0.238 e. The first-order chi connectivity index (χ1) is 30.2. The molecule has 0 radical (unpaired) electrons. The highest BCUT2D eigenvalue weighted by Gasteiger charge is 2.23. The standard InChI is InChI=1S/C55H34N4O2/c1-2-14-34(15-3-1)53-56-54(37-27-29-42-41-19-6-8-24-46(41)61-49(42)32-37)58-55(57-53)59-45-30-28-33-13-4-5-18-38(33)50(45)44-23-11-22-40(52(44)59)36-17-10-16-35(31-36)39-21-12-26-48-51(39)43-20-7-9-25-47(43)60-48/h1-2,4-14,16-32H,3,15H2. The summed E-state index contributed by atoms with van der Waals surface area (Å²) in [6.45, 7) is 0. The van der Waals surface area contributed by atoms with Crippen molar-refractivity contribution in [2.45, 2.75) is 12.8 Å². The lowest BCUT2D eigenvalue weighted by Gasteiger charge is -2.15. The Bertz CT molecular complexity index is 3840. The van der Waals surface area contributed by atoms with Crippen LogP contribution < -0.4 is 0 Å². The number of benzene rings is 8. The van der Waals surface area contributed by atoms with Crippen LogP contribution in [-0.4, -0.2) is 19.5 Å². The van der Waals surface area contributed by atoms with Crippen LogP contribution in [0, 0.1) is 0 Å². The van der Waals surface area contributed by atoms with Crippen LogP contribution in [0.15, 0.2) is 191 Å². The van der Waals surface area contributed by atoms with E-state index in [9.17, 15) is 0 Å². The van der Waals surface area contributed by atoms with Crippen molar-refractivity contribution >= 4 is 82.0 Å². The Morgan fingerprint density at radius 1 is 0.459 bits per heavy atom. The second kappa shape index (κ2) is 13.2. The fourth-order valence-corrected chi connectivity index (χ4v) is 9.54. The molecule has 61 heavy (non-hydrogen) atoms. The SMILES string of the molecule is C1=CCCC(c2nc(-c3ccc4c(c3)oc3ccccc34)nc(-n3c4ccc5ccccc5c4c4cccc(-c5cccc(-c6cccc7oc8ccccc8c67)c5)c43)n2)=C1. The van der Waals surface area contributed by atoms with Gasteiger partial charge in [-0.25, -0.2) is 4.98 Å². The summed E-state index contributed by atoms with van der Waals surface area (Å²) in [7, 11) is 0. The summed E-state index contributed by atoms with van der Waals surface area (Å²) in [5, 5.41) is 9.02. The molecular formula is C55H34N4O2. The van der Waals surface area contributed by atoms with Gasteiger partial charge in [-0.1, -0.05) is 140 Å². The lowest BCUT2D eigenvalue weighted by Crippen LogP contribution is -2.09. The fraction of sp³-hybridized carbons (Fsp3) is 0.0364. The van der Waals surface area contributed by atoms with Gasteiger partial charge in [0.05, 0.1) is 11.0 Å². The summed E-state index contributed by atoms with van der Waals surface area (Å²) in [6.07, 6.45) is 8.20. The van der Waals surface area contributed by atoms with E-state index in [2.05, 4.69) is 156 Å². The normalized spacial score (nSPS) is 13.1. The number of aromatic nitrogens is 4. The first-order valence-corrected chi connectivity index (χ1v) is 20.7. The average molecular weight is 783 g/mol. The van der Waals surface area contributed by atoms with E-state index in [1.54, 1.807) is 0 Å². The summed E-state index contributed by atoms with van der Waals surface area (Å²) < 4.78 is 14.9. The number of para-hydroxylation sites is 3. The van der Waals surface area contributed by atoms with Crippen molar-refractivity contribution in [3.8, 4) is 39.6 Å². The molecule has 0 bridgehead atoms. The van der Waals surface area contributed by atoms with Gasteiger partial charge in [0.25, 0.3) is 0 Å². The number of hydrogen-bond donors (Lipinski definition) is 0. The minimum atomic E-state index is 0.564. The highest BCUT2D eigenvalue weighted by atomic mass is 16.3. The largest absolute Gasteiger partial charge is 0.456 e. The summed E-state index contributed by atoms with van der Waals surface area (Å²) >= 11 is 0. The molecule has 0 N–H and O–H groups in total. The van der Waals surface area contributed by atoms with Crippen LogP contribution >= 0.6 is 0 Å². The van der Waals surface area contributed by atoms with Gasteiger partial charge in [-0.2, -0.15) is 9.97 Å². The predicted molar refractivity (Wildman–Crippen MR) is 249 cm³/mol. The van der Waals surface area contributed by atoms with Gasteiger partial charge in [0.2, 0.25) is 5.95 Å².